The first-order chi connectivity index (χ1) is 4.58. The monoisotopic (exact) mass is 168 g/mol. The molecule has 1 fully saturated rings. The highest BCUT2D eigenvalue weighted by Gasteiger charge is 2.22. The fourth-order valence-electron chi connectivity index (χ4n) is 0.996. The zero-order valence-electron chi connectivity index (χ0n) is 5.42. The molecule has 0 bridgehead atoms. The predicted molar refractivity (Wildman–Crippen MR) is 33.8 cm³/mol. The zero-order chi connectivity index (χ0) is 7.61. The first-order valence-electron chi connectivity index (χ1n) is 3.08. The largest absolute Gasteiger partial charge is 0.381 e. The second kappa shape index (κ2) is 2.84. The van der Waals surface area contributed by atoms with Crippen LogP contribution in [0, 0.1) is 5.92 Å². The topological polar surface area (TPSA) is 43.4 Å². The number of hydrogen-bond donors (Lipinski definition) is 0. The first-order valence-corrected chi connectivity index (χ1v) is 4.63. The highest BCUT2D eigenvalue weighted by atomic mass is 32.3. The lowest BCUT2D eigenvalue weighted by Gasteiger charge is -2.00. The Morgan fingerprint density at radius 3 is 2.70 bits per heavy atom. The van der Waals surface area contributed by atoms with Crippen molar-refractivity contribution in [2.75, 3.05) is 19.0 Å². The summed E-state index contributed by atoms with van der Waals surface area (Å²) in [6.07, 6.45) is 0.656. The summed E-state index contributed by atoms with van der Waals surface area (Å²) in [5.41, 5.74) is 0. The van der Waals surface area contributed by atoms with Gasteiger partial charge in [0, 0.05) is 12.5 Å². The lowest BCUT2D eigenvalue weighted by Crippen LogP contribution is -2.11. The fourth-order valence-corrected chi connectivity index (χ4v) is 1.82. The highest BCUT2D eigenvalue weighted by molar-refractivity contribution is 7.86. The van der Waals surface area contributed by atoms with E-state index in [1.54, 1.807) is 0 Å². The van der Waals surface area contributed by atoms with Crippen molar-refractivity contribution in [3.8, 4) is 0 Å². The molecule has 0 N–H and O–H groups in total. The van der Waals surface area contributed by atoms with Gasteiger partial charge in [0.1, 0.15) is 0 Å². The minimum atomic E-state index is -4.29. The Labute approximate surface area is 59.4 Å². The Morgan fingerprint density at radius 2 is 2.30 bits per heavy atom. The number of halogens is 1. The van der Waals surface area contributed by atoms with Crippen LogP contribution in [-0.4, -0.2) is 27.4 Å². The molecule has 0 radical (unpaired) electrons. The van der Waals surface area contributed by atoms with E-state index in [0.717, 1.165) is 0 Å². The van der Waals surface area contributed by atoms with Crippen LogP contribution in [0.2, 0.25) is 0 Å². The van der Waals surface area contributed by atoms with Gasteiger partial charge in [0.15, 0.2) is 0 Å². The lowest BCUT2D eigenvalue weighted by molar-refractivity contribution is 0.188. The highest BCUT2D eigenvalue weighted by Crippen LogP contribution is 2.14. The van der Waals surface area contributed by atoms with Crippen LogP contribution in [0.3, 0.4) is 0 Å². The first kappa shape index (κ1) is 7.94. The molecule has 1 aliphatic rings. The standard InChI is InChI=1S/C5H9FO3S/c6-10(7,8)4-5-1-2-9-3-5/h5H,1-4H2/t5-/m1/s1. The van der Waals surface area contributed by atoms with Crippen LogP contribution in [0.1, 0.15) is 6.42 Å². The third-order valence-corrected chi connectivity index (χ3v) is 2.33. The van der Waals surface area contributed by atoms with Gasteiger partial charge in [0.2, 0.25) is 0 Å². The molecule has 0 amide bonds. The quantitative estimate of drug-likeness (QED) is 0.558. The summed E-state index contributed by atoms with van der Waals surface area (Å²) < 4.78 is 37.0. The molecule has 10 heavy (non-hydrogen) atoms. The summed E-state index contributed by atoms with van der Waals surface area (Å²) in [6, 6.07) is 0. The molecule has 0 spiro atoms. The van der Waals surface area contributed by atoms with E-state index >= 15 is 0 Å². The van der Waals surface area contributed by atoms with E-state index in [1.165, 1.54) is 0 Å². The van der Waals surface area contributed by atoms with Crippen molar-refractivity contribution in [2.45, 2.75) is 6.42 Å². The third kappa shape index (κ3) is 2.62. The molecule has 60 valence electrons. The molecule has 3 nitrogen and oxygen atoms in total. The van der Waals surface area contributed by atoms with Crippen LogP contribution in [0.5, 0.6) is 0 Å². The van der Waals surface area contributed by atoms with Crippen molar-refractivity contribution in [2.24, 2.45) is 5.92 Å². The van der Waals surface area contributed by atoms with Gasteiger partial charge in [-0.05, 0) is 6.42 Å². The van der Waals surface area contributed by atoms with Crippen molar-refractivity contribution < 1.29 is 17.0 Å². The molecule has 1 aliphatic heterocycles. The van der Waals surface area contributed by atoms with E-state index in [2.05, 4.69) is 0 Å². The summed E-state index contributed by atoms with van der Waals surface area (Å²) in [6.45, 7) is 0.934. The maximum absolute atomic E-state index is 12.0. The molecule has 0 aromatic rings. The molecule has 1 atom stereocenters. The zero-order valence-corrected chi connectivity index (χ0v) is 6.23. The van der Waals surface area contributed by atoms with Crippen molar-refractivity contribution in [1.82, 2.24) is 0 Å². The molecule has 0 aromatic carbocycles. The molecule has 1 saturated heterocycles. The molecular weight excluding hydrogens is 159 g/mol. The summed E-state index contributed by atoms with van der Waals surface area (Å²) in [5.74, 6) is -0.512. The van der Waals surface area contributed by atoms with Crippen LogP contribution in [-0.2, 0) is 15.0 Å². The van der Waals surface area contributed by atoms with E-state index in [4.69, 9.17) is 4.74 Å². The van der Waals surface area contributed by atoms with E-state index in [1.807, 2.05) is 0 Å². The van der Waals surface area contributed by atoms with Gasteiger partial charge in [-0.25, -0.2) is 0 Å². The second-order valence-corrected chi connectivity index (χ2v) is 3.85. The summed E-state index contributed by atoms with van der Waals surface area (Å²) in [7, 11) is -4.29. The molecule has 5 heteroatoms. The Hall–Kier alpha value is -0.160. The Kier molecular flexibility index (Phi) is 2.25. The van der Waals surface area contributed by atoms with Crippen LogP contribution in [0.15, 0.2) is 0 Å². The fraction of sp³-hybridized carbons (Fsp3) is 1.00. The van der Waals surface area contributed by atoms with Gasteiger partial charge in [-0.1, -0.05) is 0 Å². The third-order valence-electron chi connectivity index (χ3n) is 1.46. The molecular formula is C5H9FO3S. The van der Waals surface area contributed by atoms with Gasteiger partial charge < -0.3 is 4.74 Å². The smallest absolute Gasteiger partial charge is 0.302 e. The van der Waals surface area contributed by atoms with Gasteiger partial charge in [-0.15, -0.1) is 3.89 Å². The Morgan fingerprint density at radius 1 is 1.60 bits per heavy atom. The molecule has 0 aliphatic carbocycles. The van der Waals surface area contributed by atoms with E-state index in [-0.39, 0.29) is 11.7 Å². The Bertz CT molecular complexity index is 193. The lowest BCUT2D eigenvalue weighted by atomic mass is 10.2. The minimum absolute atomic E-state index is 0.130. The maximum atomic E-state index is 12.0. The van der Waals surface area contributed by atoms with Crippen molar-refractivity contribution in [3.63, 3.8) is 0 Å². The maximum Gasteiger partial charge on any atom is 0.302 e. The number of hydrogen-bond acceptors (Lipinski definition) is 3. The van der Waals surface area contributed by atoms with Gasteiger partial charge in [0.05, 0.1) is 12.4 Å². The van der Waals surface area contributed by atoms with Crippen molar-refractivity contribution >= 4 is 10.2 Å². The average molecular weight is 168 g/mol. The summed E-state index contributed by atoms with van der Waals surface area (Å²) >= 11 is 0. The van der Waals surface area contributed by atoms with E-state index < -0.39 is 10.2 Å². The molecule has 0 unspecified atom stereocenters. The minimum Gasteiger partial charge on any atom is -0.381 e. The van der Waals surface area contributed by atoms with Crippen molar-refractivity contribution in [3.05, 3.63) is 0 Å². The molecule has 1 rings (SSSR count). The van der Waals surface area contributed by atoms with Gasteiger partial charge >= 0.3 is 10.2 Å². The molecule has 1 heterocycles. The van der Waals surface area contributed by atoms with Gasteiger partial charge in [0.25, 0.3) is 0 Å². The number of ether oxygens (including phenoxy) is 1. The second-order valence-electron chi connectivity index (χ2n) is 2.44. The van der Waals surface area contributed by atoms with Crippen LogP contribution < -0.4 is 0 Å². The van der Waals surface area contributed by atoms with Gasteiger partial charge in [-0.2, -0.15) is 8.42 Å². The van der Waals surface area contributed by atoms with E-state index in [0.29, 0.717) is 19.6 Å². The van der Waals surface area contributed by atoms with Crippen LogP contribution in [0.4, 0.5) is 3.89 Å². The van der Waals surface area contributed by atoms with E-state index in [9.17, 15) is 12.3 Å². The number of rotatable bonds is 2. The van der Waals surface area contributed by atoms with Crippen LogP contribution >= 0.6 is 0 Å². The summed E-state index contributed by atoms with van der Waals surface area (Å²) in [5, 5.41) is 0. The summed E-state index contributed by atoms with van der Waals surface area (Å²) in [4.78, 5) is 0. The van der Waals surface area contributed by atoms with Gasteiger partial charge in [-0.3, -0.25) is 0 Å². The van der Waals surface area contributed by atoms with Crippen molar-refractivity contribution in [1.29, 1.82) is 0 Å². The molecule has 0 aromatic heterocycles. The van der Waals surface area contributed by atoms with Crippen LogP contribution in [0.25, 0.3) is 0 Å². The average Bonchev–Trinajstić information content (AvgIpc) is 2.12. The molecule has 0 saturated carbocycles. The normalized spacial score (nSPS) is 27.1. The SMILES string of the molecule is O=S(=O)(F)C[C@@H]1CCOC1. The predicted octanol–water partition coefficient (Wildman–Crippen LogP) is 0.322. The Balaban J connectivity index is 2.38.